The molecule has 1 heterocycles. The quantitative estimate of drug-likeness (QED) is 0.748. The van der Waals surface area contributed by atoms with Gasteiger partial charge >= 0.3 is 12.0 Å². The van der Waals surface area contributed by atoms with Crippen molar-refractivity contribution in [2.24, 2.45) is 11.7 Å². The second kappa shape index (κ2) is 7.58. The van der Waals surface area contributed by atoms with Crippen LogP contribution in [-0.2, 0) is 20.9 Å². The number of esters is 1. The number of carbonyl (C=O) groups is 3. The number of nitrogens with two attached hydrogens (primary N) is 1. The summed E-state index contributed by atoms with van der Waals surface area (Å²) in [5.41, 5.74) is 6.70. The Morgan fingerprint density at radius 3 is 2.45 bits per heavy atom. The number of imide groups is 1. The van der Waals surface area contributed by atoms with E-state index in [1.54, 1.807) is 18.5 Å². The summed E-state index contributed by atoms with van der Waals surface area (Å²) in [4.78, 5) is 34.3. The van der Waals surface area contributed by atoms with Crippen LogP contribution >= 0.6 is 0 Å². The number of nitrogens with zero attached hydrogens (tertiary/aromatic N) is 2. The minimum Gasteiger partial charge on any atom is -0.452 e. The topological polar surface area (TPSA) is 116 Å². The van der Waals surface area contributed by atoms with Crippen molar-refractivity contribution < 1.29 is 19.1 Å². The van der Waals surface area contributed by atoms with Crippen molar-refractivity contribution >= 4 is 17.9 Å². The summed E-state index contributed by atoms with van der Waals surface area (Å²) in [6.07, 6.45) is -0.977. The summed E-state index contributed by atoms with van der Waals surface area (Å²) >= 11 is 0. The molecule has 3 N–H and O–H groups in total. The highest BCUT2D eigenvalue weighted by atomic mass is 16.5. The molecule has 0 aromatic carbocycles. The molecule has 0 aliphatic heterocycles. The maximum Gasteiger partial charge on any atom is 0.318 e. The lowest BCUT2D eigenvalue weighted by Gasteiger charge is -2.19. The number of amides is 3. The number of ether oxygens (including phenoxy) is 1. The van der Waals surface area contributed by atoms with E-state index >= 15 is 0 Å². The van der Waals surface area contributed by atoms with Gasteiger partial charge in [0.05, 0.1) is 18.7 Å². The van der Waals surface area contributed by atoms with E-state index in [2.05, 4.69) is 5.10 Å². The molecule has 0 aliphatic carbocycles. The second-order valence-corrected chi connectivity index (χ2v) is 5.41. The van der Waals surface area contributed by atoms with Gasteiger partial charge in [-0.3, -0.25) is 19.6 Å². The fourth-order valence-corrected chi connectivity index (χ4v) is 1.98. The Balaban J connectivity index is 2.58. The third kappa shape index (κ3) is 5.19. The van der Waals surface area contributed by atoms with Gasteiger partial charge in [0, 0.05) is 5.69 Å². The van der Waals surface area contributed by atoms with Gasteiger partial charge in [0.25, 0.3) is 5.91 Å². The molecule has 0 radical (unpaired) electrons. The number of aromatic nitrogens is 2. The Hall–Kier alpha value is -2.38. The Bertz CT molecular complexity index is 565. The van der Waals surface area contributed by atoms with Crippen LogP contribution in [0.3, 0.4) is 0 Å². The molecule has 1 atom stereocenters. The summed E-state index contributed by atoms with van der Waals surface area (Å²) in [7, 11) is 0. The smallest absolute Gasteiger partial charge is 0.318 e. The van der Waals surface area contributed by atoms with E-state index in [0.29, 0.717) is 6.54 Å². The number of carbonyl (C=O) groups excluding carboxylic acids is 3. The van der Waals surface area contributed by atoms with E-state index in [1.165, 1.54) is 0 Å². The maximum atomic E-state index is 11.9. The molecule has 0 aliphatic rings. The number of urea groups is 1. The highest BCUT2D eigenvalue weighted by molar-refractivity contribution is 5.96. The zero-order chi connectivity index (χ0) is 16.9. The zero-order valence-electron chi connectivity index (χ0n) is 13.3. The molecule has 0 saturated carbocycles. The standard InChI is InChI=1S/C14H22N4O4/c1-8(2)12(13(20)16-14(15)21)22-11(19)5-6-18-10(4)7-9(3)17-18/h7-8,12H,5-6H2,1-4H3,(H3,15,16,20,21). The first-order valence-electron chi connectivity index (χ1n) is 7.01. The molecule has 1 unspecified atom stereocenters. The largest absolute Gasteiger partial charge is 0.452 e. The third-order valence-corrected chi connectivity index (χ3v) is 3.00. The molecule has 122 valence electrons. The maximum absolute atomic E-state index is 11.9. The van der Waals surface area contributed by atoms with Crippen LogP contribution in [0.25, 0.3) is 0 Å². The molecule has 1 aromatic rings. The number of primary amides is 1. The van der Waals surface area contributed by atoms with Gasteiger partial charge in [-0.15, -0.1) is 0 Å². The molecule has 0 bridgehead atoms. The minimum absolute atomic E-state index is 0.0784. The van der Waals surface area contributed by atoms with Crippen molar-refractivity contribution in [1.29, 1.82) is 0 Å². The molecule has 0 fully saturated rings. The lowest BCUT2D eigenvalue weighted by atomic mass is 10.1. The number of aryl methyl sites for hydroxylation is 3. The van der Waals surface area contributed by atoms with Crippen LogP contribution in [0, 0.1) is 19.8 Å². The summed E-state index contributed by atoms with van der Waals surface area (Å²) < 4.78 is 6.84. The van der Waals surface area contributed by atoms with Gasteiger partial charge in [0.1, 0.15) is 0 Å². The molecule has 3 amide bonds. The summed E-state index contributed by atoms with van der Waals surface area (Å²) in [6.45, 7) is 7.53. The first-order valence-corrected chi connectivity index (χ1v) is 7.01. The Kier molecular flexibility index (Phi) is 6.09. The van der Waals surface area contributed by atoms with E-state index in [4.69, 9.17) is 10.5 Å². The molecule has 0 saturated heterocycles. The number of hydrogen-bond donors (Lipinski definition) is 2. The van der Waals surface area contributed by atoms with Gasteiger partial charge < -0.3 is 10.5 Å². The lowest BCUT2D eigenvalue weighted by Crippen LogP contribution is -2.45. The van der Waals surface area contributed by atoms with Crippen molar-refractivity contribution in [2.75, 3.05) is 0 Å². The van der Waals surface area contributed by atoms with E-state index < -0.39 is 24.0 Å². The second-order valence-electron chi connectivity index (χ2n) is 5.41. The molecule has 0 spiro atoms. The molecule has 8 heteroatoms. The average molecular weight is 310 g/mol. The monoisotopic (exact) mass is 310 g/mol. The minimum atomic E-state index is -1.06. The van der Waals surface area contributed by atoms with Gasteiger partial charge in [-0.1, -0.05) is 13.8 Å². The highest BCUT2D eigenvalue weighted by Crippen LogP contribution is 2.09. The first kappa shape index (κ1) is 17.7. The number of rotatable bonds is 6. The van der Waals surface area contributed by atoms with Crippen LogP contribution in [0.2, 0.25) is 0 Å². The Morgan fingerprint density at radius 1 is 1.36 bits per heavy atom. The number of nitrogens with one attached hydrogen (secondary N) is 1. The molecular weight excluding hydrogens is 288 g/mol. The van der Waals surface area contributed by atoms with Crippen LogP contribution < -0.4 is 11.1 Å². The molecular formula is C14H22N4O4. The Morgan fingerprint density at radius 2 is 2.00 bits per heavy atom. The Labute approximate surface area is 129 Å². The SMILES string of the molecule is Cc1cc(C)n(CCC(=O)OC(C(=O)NC(N)=O)C(C)C)n1. The van der Waals surface area contributed by atoms with Crippen LogP contribution in [0.5, 0.6) is 0 Å². The van der Waals surface area contributed by atoms with Gasteiger partial charge in [-0.25, -0.2) is 4.79 Å². The average Bonchev–Trinajstić information content (AvgIpc) is 2.70. The van der Waals surface area contributed by atoms with Gasteiger partial charge in [0.2, 0.25) is 0 Å². The van der Waals surface area contributed by atoms with Crippen LogP contribution in [-0.4, -0.2) is 33.8 Å². The fraction of sp³-hybridized carbons (Fsp3) is 0.571. The third-order valence-electron chi connectivity index (χ3n) is 3.00. The first-order chi connectivity index (χ1) is 10.2. The van der Waals surface area contributed by atoms with Crippen molar-refractivity contribution in [2.45, 2.75) is 46.8 Å². The molecule has 8 nitrogen and oxygen atoms in total. The summed E-state index contributed by atoms with van der Waals surface area (Å²) in [6, 6.07) is 0.928. The lowest BCUT2D eigenvalue weighted by molar-refractivity contribution is -0.158. The predicted octanol–water partition coefficient (Wildman–Crippen LogP) is 0.653. The van der Waals surface area contributed by atoms with Crippen molar-refractivity contribution in [3.8, 4) is 0 Å². The van der Waals surface area contributed by atoms with Crippen molar-refractivity contribution in [3.05, 3.63) is 17.5 Å². The summed E-state index contributed by atoms with van der Waals surface area (Å²) in [5, 5.41) is 6.16. The predicted molar refractivity (Wildman–Crippen MR) is 78.8 cm³/mol. The molecule has 1 rings (SSSR count). The van der Waals surface area contributed by atoms with Gasteiger partial charge in [-0.05, 0) is 25.8 Å². The van der Waals surface area contributed by atoms with Crippen LogP contribution in [0.1, 0.15) is 31.7 Å². The van der Waals surface area contributed by atoms with E-state index in [0.717, 1.165) is 11.4 Å². The van der Waals surface area contributed by atoms with Crippen molar-refractivity contribution in [1.82, 2.24) is 15.1 Å². The molecule has 22 heavy (non-hydrogen) atoms. The van der Waals surface area contributed by atoms with Gasteiger partial charge in [0.15, 0.2) is 6.10 Å². The fourth-order valence-electron chi connectivity index (χ4n) is 1.98. The van der Waals surface area contributed by atoms with Crippen LogP contribution in [0.15, 0.2) is 6.07 Å². The zero-order valence-corrected chi connectivity index (χ0v) is 13.3. The van der Waals surface area contributed by atoms with E-state index in [1.807, 2.05) is 25.2 Å². The molecule has 1 aromatic heterocycles. The van der Waals surface area contributed by atoms with E-state index in [9.17, 15) is 14.4 Å². The van der Waals surface area contributed by atoms with Gasteiger partial charge in [-0.2, -0.15) is 5.10 Å². The highest BCUT2D eigenvalue weighted by Gasteiger charge is 2.27. The van der Waals surface area contributed by atoms with Crippen LogP contribution in [0.4, 0.5) is 4.79 Å². The van der Waals surface area contributed by atoms with Crippen molar-refractivity contribution in [3.63, 3.8) is 0 Å². The van der Waals surface area contributed by atoms with E-state index in [-0.39, 0.29) is 12.3 Å². The number of hydrogen-bond acceptors (Lipinski definition) is 5. The normalized spacial score (nSPS) is 12.0. The summed E-state index contributed by atoms with van der Waals surface area (Å²) in [5.74, 6) is -1.54.